The highest BCUT2D eigenvalue weighted by Crippen LogP contribution is 2.29. The summed E-state index contributed by atoms with van der Waals surface area (Å²) in [6, 6.07) is 5.31. The number of ether oxygens (including phenoxy) is 1. The minimum atomic E-state index is -0.507. The maximum atomic E-state index is 12.4. The first-order valence-electron chi connectivity index (χ1n) is 10.9. The molecule has 3 heterocycles. The number of fused-ring (bicyclic) bond motifs is 1. The summed E-state index contributed by atoms with van der Waals surface area (Å²) in [5, 5.41) is 7.11. The van der Waals surface area contributed by atoms with Gasteiger partial charge >= 0.3 is 12.1 Å². The van der Waals surface area contributed by atoms with Crippen LogP contribution in [0.2, 0.25) is 0 Å². The van der Waals surface area contributed by atoms with E-state index >= 15 is 0 Å². The van der Waals surface area contributed by atoms with Crippen LogP contribution in [0, 0.1) is 0 Å². The minimum absolute atomic E-state index is 0.224. The fourth-order valence-corrected chi connectivity index (χ4v) is 3.93. The van der Waals surface area contributed by atoms with Crippen LogP contribution < -0.4 is 10.2 Å². The topological polar surface area (TPSA) is 108 Å². The lowest BCUT2D eigenvalue weighted by Crippen LogP contribution is -2.49. The molecule has 1 aromatic carbocycles. The van der Waals surface area contributed by atoms with Gasteiger partial charge in [0.2, 0.25) is 5.91 Å². The van der Waals surface area contributed by atoms with Crippen molar-refractivity contribution in [3.63, 3.8) is 0 Å². The smallest absolute Gasteiger partial charge is 0.410 e. The zero-order valence-corrected chi connectivity index (χ0v) is 18.7. The maximum Gasteiger partial charge on any atom is 0.410 e. The largest absolute Gasteiger partial charge is 0.444 e. The van der Waals surface area contributed by atoms with Crippen LogP contribution in [0.5, 0.6) is 0 Å². The van der Waals surface area contributed by atoms with Gasteiger partial charge in [-0.1, -0.05) is 11.2 Å². The SMILES string of the molecule is CC(C)(C)OC(=O)N1CCCN(Cc2ccc3onc(N4CCC(=O)NC4=O)c3c2)CC1. The van der Waals surface area contributed by atoms with E-state index in [4.69, 9.17) is 9.26 Å². The fourth-order valence-electron chi connectivity index (χ4n) is 3.93. The van der Waals surface area contributed by atoms with Crippen molar-refractivity contribution in [3.8, 4) is 0 Å². The highest BCUT2D eigenvalue weighted by atomic mass is 16.6. The third kappa shape index (κ3) is 5.01. The number of carbonyl (C=O) groups excluding carboxylic acids is 3. The van der Waals surface area contributed by atoms with Crippen molar-refractivity contribution in [2.24, 2.45) is 0 Å². The third-order valence-corrected chi connectivity index (χ3v) is 5.47. The molecule has 10 heteroatoms. The van der Waals surface area contributed by atoms with E-state index in [-0.39, 0.29) is 25.0 Å². The summed E-state index contributed by atoms with van der Waals surface area (Å²) in [6.45, 7) is 9.47. The summed E-state index contributed by atoms with van der Waals surface area (Å²) in [6.07, 6.45) is 0.817. The van der Waals surface area contributed by atoms with E-state index in [0.717, 1.165) is 30.5 Å². The molecule has 2 saturated heterocycles. The van der Waals surface area contributed by atoms with E-state index in [2.05, 4.69) is 15.4 Å². The molecule has 0 aliphatic carbocycles. The normalized spacial score (nSPS) is 18.6. The number of imide groups is 1. The maximum absolute atomic E-state index is 12.4. The van der Waals surface area contributed by atoms with Crippen LogP contribution in [0.15, 0.2) is 22.7 Å². The molecule has 172 valence electrons. The number of rotatable bonds is 3. The number of urea groups is 1. The average Bonchev–Trinajstić information content (AvgIpc) is 2.96. The van der Waals surface area contributed by atoms with E-state index in [0.29, 0.717) is 31.0 Å². The first-order chi connectivity index (χ1) is 15.2. The lowest BCUT2D eigenvalue weighted by atomic mass is 10.1. The van der Waals surface area contributed by atoms with Gasteiger partial charge in [-0.15, -0.1) is 0 Å². The molecule has 10 nitrogen and oxygen atoms in total. The second-order valence-corrected chi connectivity index (χ2v) is 9.19. The van der Waals surface area contributed by atoms with E-state index in [1.807, 2.05) is 39.0 Å². The number of anilines is 1. The Morgan fingerprint density at radius 2 is 1.97 bits per heavy atom. The number of carbonyl (C=O) groups is 3. The second-order valence-electron chi connectivity index (χ2n) is 9.19. The highest BCUT2D eigenvalue weighted by Gasteiger charge is 2.28. The van der Waals surface area contributed by atoms with E-state index in [1.165, 1.54) is 4.90 Å². The van der Waals surface area contributed by atoms with Crippen LogP contribution in [0.1, 0.15) is 39.2 Å². The molecule has 2 aromatic rings. The summed E-state index contributed by atoms with van der Waals surface area (Å²) >= 11 is 0. The molecule has 1 aromatic heterocycles. The standard InChI is InChI=1S/C22H29N5O5/c1-22(2,3)31-21(30)26-9-4-8-25(11-12-26)14-15-5-6-17-16(13-15)19(24-32-17)27-10-7-18(28)23-20(27)29/h5-6,13H,4,7-12,14H2,1-3H3,(H,23,28,29). The molecule has 0 bridgehead atoms. The van der Waals surface area contributed by atoms with Crippen molar-refractivity contribution >= 4 is 34.8 Å². The fraction of sp³-hybridized carbons (Fsp3) is 0.545. The van der Waals surface area contributed by atoms with Gasteiger partial charge < -0.3 is 14.2 Å². The Bertz CT molecular complexity index is 1030. The van der Waals surface area contributed by atoms with Gasteiger partial charge in [0.1, 0.15) is 5.60 Å². The Morgan fingerprint density at radius 3 is 2.72 bits per heavy atom. The lowest BCUT2D eigenvalue weighted by Gasteiger charge is -2.26. The van der Waals surface area contributed by atoms with Gasteiger partial charge in [-0.2, -0.15) is 0 Å². The van der Waals surface area contributed by atoms with Gasteiger partial charge in [-0.05, 0) is 44.9 Å². The number of nitrogens with zero attached hydrogens (tertiary/aromatic N) is 4. The van der Waals surface area contributed by atoms with Crippen molar-refractivity contribution in [2.45, 2.75) is 45.8 Å². The Hall–Kier alpha value is -3.14. The van der Waals surface area contributed by atoms with E-state index in [9.17, 15) is 14.4 Å². The van der Waals surface area contributed by atoms with Crippen LogP contribution in [0.3, 0.4) is 0 Å². The molecule has 32 heavy (non-hydrogen) atoms. The number of benzene rings is 1. The van der Waals surface area contributed by atoms with Crippen molar-refractivity contribution in [1.29, 1.82) is 0 Å². The summed E-state index contributed by atoms with van der Waals surface area (Å²) in [5.41, 5.74) is 1.13. The number of amides is 4. The minimum Gasteiger partial charge on any atom is -0.444 e. The number of nitrogens with one attached hydrogen (secondary N) is 1. The quantitative estimate of drug-likeness (QED) is 0.777. The van der Waals surface area contributed by atoms with Gasteiger partial charge in [0.05, 0.1) is 5.39 Å². The Labute approximate surface area is 186 Å². The van der Waals surface area contributed by atoms with Crippen LogP contribution >= 0.6 is 0 Å². The predicted molar refractivity (Wildman–Crippen MR) is 117 cm³/mol. The zero-order valence-electron chi connectivity index (χ0n) is 18.7. The summed E-state index contributed by atoms with van der Waals surface area (Å²) < 4.78 is 10.9. The van der Waals surface area contributed by atoms with Crippen LogP contribution in [0.25, 0.3) is 11.0 Å². The van der Waals surface area contributed by atoms with Gasteiger partial charge in [0, 0.05) is 45.7 Å². The molecule has 0 radical (unpaired) electrons. The highest BCUT2D eigenvalue weighted by molar-refractivity contribution is 6.08. The van der Waals surface area contributed by atoms with Crippen LogP contribution in [-0.2, 0) is 16.1 Å². The monoisotopic (exact) mass is 443 g/mol. The van der Waals surface area contributed by atoms with Gasteiger partial charge in [-0.3, -0.25) is 19.9 Å². The zero-order chi connectivity index (χ0) is 22.9. The number of hydrogen-bond donors (Lipinski definition) is 1. The van der Waals surface area contributed by atoms with Gasteiger partial charge in [-0.25, -0.2) is 9.59 Å². The molecule has 4 amide bonds. The molecule has 2 aliphatic rings. The summed E-state index contributed by atoms with van der Waals surface area (Å²) in [7, 11) is 0. The van der Waals surface area contributed by atoms with Gasteiger partial charge in [0.15, 0.2) is 11.4 Å². The molecule has 0 atom stereocenters. The van der Waals surface area contributed by atoms with E-state index < -0.39 is 11.6 Å². The van der Waals surface area contributed by atoms with Crippen molar-refractivity contribution in [1.82, 2.24) is 20.3 Å². The summed E-state index contributed by atoms with van der Waals surface area (Å²) in [5.74, 6) is 0.125. The molecule has 1 N–H and O–H groups in total. The van der Waals surface area contributed by atoms with Crippen molar-refractivity contribution < 1.29 is 23.6 Å². The Morgan fingerprint density at radius 1 is 1.16 bits per heavy atom. The number of hydrogen-bond acceptors (Lipinski definition) is 7. The van der Waals surface area contributed by atoms with Crippen molar-refractivity contribution in [3.05, 3.63) is 23.8 Å². The van der Waals surface area contributed by atoms with Crippen LogP contribution in [0.4, 0.5) is 15.4 Å². The summed E-state index contributed by atoms with van der Waals surface area (Å²) in [4.78, 5) is 41.6. The third-order valence-electron chi connectivity index (χ3n) is 5.47. The average molecular weight is 444 g/mol. The molecule has 0 spiro atoms. The van der Waals surface area contributed by atoms with E-state index in [1.54, 1.807) is 4.90 Å². The molecule has 0 saturated carbocycles. The molecule has 0 unspecified atom stereocenters. The lowest BCUT2D eigenvalue weighted by molar-refractivity contribution is -0.120. The van der Waals surface area contributed by atoms with Crippen molar-refractivity contribution in [2.75, 3.05) is 37.6 Å². The molecule has 2 aliphatic heterocycles. The molecule has 4 rings (SSSR count). The molecular weight excluding hydrogens is 414 g/mol. The number of aromatic nitrogens is 1. The predicted octanol–water partition coefficient (Wildman–Crippen LogP) is 2.72. The Balaban J connectivity index is 1.44. The second kappa shape index (κ2) is 8.78. The molecule has 2 fully saturated rings. The molecular formula is C22H29N5O5. The first-order valence-corrected chi connectivity index (χ1v) is 10.9. The Kier molecular flexibility index (Phi) is 6.05. The first kappa shape index (κ1) is 22.1. The van der Waals surface area contributed by atoms with Gasteiger partial charge in [0.25, 0.3) is 0 Å². The van der Waals surface area contributed by atoms with Crippen LogP contribution in [-0.4, -0.2) is 71.3 Å².